The predicted octanol–water partition coefficient (Wildman–Crippen LogP) is 1.66. The summed E-state index contributed by atoms with van der Waals surface area (Å²) >= 11 is 0. The summed E-state index contributed by atoms with van der Waals surface area (Å²) in [7, 11) is 0. The predicted molar refractivity (Wildman–Crippen MR) is 73.7 cm³/mol. The minimum Gasteiger partial charge on any atom is -0.481 e. The van der Waals surface area contributed by atoms with Crippen molar-refractivity contribution in [2.45, 2.75) is 64.3 Å². The lowest BCUT2D eigenvalue weighted by Crippen LogP contribution is -2.45. The van der Waals surface area contributed by atoms with Crippen LogP contribution in [0.3, 0.4) is 0 Å². The summed E-state index contributed by atoms with van der Waals surface area (Å²) in [6.45, 7) is 2.26. The maximum Gasteiger partial charge on any atom is 0.311 e. The number of hydrogen-bond donors (Lipinski definition) is 3. The van der Waals surface area contributed by atoms with Gasteiger partial charge in [0.15, 0.2) is 0 Å². The molecule has 4 N–H and O–H groups in total. The maximum absolute atomic E-state index is 11.8. The van der Waals surface area contributed by atoms with Gasteiger partial charge in [-0.2, -0.15) is 0 Å². The fourth-order valence-electron chi connectivity index (χ4n) is 2.75. The Kier molecular flexibility index (Phi) is 6.28. The SMILES string of the molecule is CCCC(N)CC(=O)NCC1(C(=O)O)CCCCC1. The first-order valence-electron chi connectivity index (χ1n) is 7.26. The minimum absolute atomic E-state index is 0.128. The highest BCUT2D eigenvalue weighted by molar-refractivity contribution is 5.79. The molecule has 0 aliphatic heterocycles. The molecule has 0 aromatic heterocycles. The van der Waals surface area contributed by atoms with Crippen LogP contribution in [0.4, 0.5) is 0 Å². The van der Waals surface area contributed by atoms with Crippen molar-refractivity contribution in [2.24, 2.45) is 11.1 Å². The molecule has 0 bridgehead atoms. The molecule has 0 aromatic carbocycles. The lowest BCUT2D eigenvalue weighted by atomic mass is 9.74. The molecule has 5 heteroatoms. The van der Waals surface area contributed by atoms with E-state index in [1.54, 1.807) is 0 Å². The summed E-state index contributed by atoms with van der Waals surface area (Å²) in [6, 6.07) is -0.128. The Bertz CT molecular complexity index is 312. The van der Waals surface area contributed by atoms with Crippen LogP contribution in [0, 0.1) is 5.41 Å². The van der Waals surface area contributed by atoms with Crippen molar-refractivity contribution in [1.29, 1.82) is 0 Å². The zero-order valence-corrected chi connectivity index (χ0v) is 11.8. The van der Waals surface area contributed by atoms with Crippen LogP contribution in [0.25, 0.3) is 0 Å². The van der Waals surface area contributed by atoms with Gasteiger partial charge in [0.25, 0.3) is 0 Å². The Morgan fingerprint density at radius 2 is 1.95 bits per heavy atom. The summed E-state index contributed by atoms with van der Waals surface area (Å²) in [6.07, 6.45) is 6.31. The lowest BCUT2D eigenvalue weighted by molar-refractivity contribution is -0.151. The van der Waals surface area contributed by atoms with Gasteiger partial charge in [-0.05, 0) is 19.3 Å². The molecule has 0 radical (unpaired) electrons. The van der Waals surface area contributed by atoms with E-state index in [1.807, 2.05) is 6.92 Å². The van der Waals surface area contributed by atoms with Crippen LogP contribution in [0.15, 0.2) is 0 Å². The third-order valence-corrected chi connectivity index (χ3v) is 4.00. The van der Waals surface area contributed by atoms with Crippen molar-refractivity contribution in [1.82, 2.24) is 5.32 Å². The van der Waals surface area contributed by atoms with E-state index in [0.29, 0.717) is 12.8 Å². The zero-order chi connectivity index (χ0) is 14.3. The van der Waals surface area contributed by atoms with E-state index in [2.05, 4.69) is 5.32 Å². The van der Waals surface area contributed by atoms with Crippen molar-refractivity contribution in [3.8, 4) is 0 Å². The zero-order valence-electron chi connectivity index (χ0n) is 11.8. The van der Waals surface area contributed by atoms with Crippen LogP contribution in [-0.4, -0.2) is 29.6 Å². The standard InChI is InChI=1S/C14H26N2O3/c1-2-6-11(15)9-12(17)16-10-14(13(18)19)7-4-3-5-8-14/h11H,2-10,15H2,1H3,(H,16,17)(H,18,19). The van der Waals surface area contributed by atoms with Crippen LogP contribution in [0.5, 0.6) is 0 Å². The molecule has 1 aliphatic rings. The summed E-state index contributed by atoms with van der Waals surface area (Å²) in [5.41, 5.74) is 5.05. The largest absolute Gasteiger partial charge is 0.481 e. The molecule has 1 rings (SSSR count). The number of carbonyl (C=O) groups excluding carboxylic acids is 1. The highest BCUT2D eigenvalue weighted by Crippen LogP contribution is 2.35. The first kappa shape index (κ1) is 16.0. The average Bonchev–Trinajstić information content (AvgIpc) is 2.37. The van der Waals surface area contributed by atoms with Crippen LogP contribution < -0.4 is 11.1 Å². The molecule has 1 aliphatic carbocycles. The van der Waals surface area contributed by atoms with Gasteiger partial charge in [0, 0.05) is 19.0 Å². The second-order valence-corrected chi connectivity index (χ2v) is 5.68. The highest BCUT2D eigenvalue weighted by atomic mass is 16.4. The van der Waals surface area contributed by atoms with Gasteiger partial charge in [0.05, 0.1) is 5.41 Å². The Morgan fingerprint density at radius 1 is 1.32 bits per heavy atom. The fraction of sp³-hybridized carbons (Fsp3) is 0.857. The van der Waals surface area contributed by atoms with Crippen molar-refractivity contribution in [3.63, 3.8) is 0 Å². The minimum atomic E-state index is -0.787. The Labute approximate surface area is 114 Å². The van der Waals surface area contributed by atoms with Crippen molar-refractivity contribution < 1.29 is 14.7 Å². The van der Waals surface area contributed by atoms with Crippen LogP contribution in [0.2, 0.25) is 0 Å². The third kappa shape index (κ3) is 4.82. The number of hydrogen-bond acceptors (Lipinski definition) is 3. The van der Waals surface area contributed by atoms with Gasteiger partial charge in [0.2, 0.25) is 5.91 Å². The van der Waals surface area contributed by atoms with Gasteiger partial charge in [-0.3, -0.25) is 9.59 Å². The molecule has 0 saturated heterocycles. The number of carbonyl (C=O) groups is 2. The van der Waals surface area contributed by atoms with Gasteiger partial charge in [-0.1, -0.05) is 32.6 Å². The molecule has 1 fully saturated rings. The van der Waals surface area contributed by atoms with Crippen molar-refractivity contribution in [3.05, 3.63) is 0 Å². The number of carboxylic acids is 1. The second kappa shape index (κ2) is 7.48. The molecule has 1 amide bonds. The molecule has 110 valence electrons. The molecular formula is C14H26N2O3. The van der Waals surface area contributed by atoms with Gasteiger partial charge in [-0.15, -0.1) is 0 Å². The summed E-state index contributed by atoms with van der Waals surface area (Å²) in [5, 5.41) is 12.2. The van der Waals surface area contributed by atoms with Gasteiger partial charge in [-0.25, -0.2) is 0 Å². The highest BCUT2D eigenvalue weighted by Gasteiger charge is 2.39. The van der Waals surface area contributed by atoms with Gasteiger partial charge < -0.3 is 16.2 Å². The average molecular weight is 270 g/mol. The van der Waals surface area contributed by atoms with E-state index < -0.39 is 11.4 Å². The summed E-state index contributed by atoms with van der Waals surface area (Å²) in [4.78, 5) is 23.2. The first-order valence-corrected chi connectivity index (χ1v) is 7.26. The summed E-state index contributed by atoms with van der Waals surface area (Å²) < 4.78 is 0. The third-order valence-electron chi connectivity index (χ3n) is 4.00. The monoisotopic (exact) mass is 270 g/mol. The molecular weight excluding hydrogens is 244 g/mol. The van der Waals surface area contributed by atoms with E-state index in [4.69, 9.17) is 5.73 Å². The molecule has 0 heterocycles. The van der Waals surface area contributed by atoms with Gasteiger partial charge in [0.1, 0.15) is 0 Å². The molecule has 19 heavy (non-hydrogen) atoms. The Hall–Kier alpha value is -1.10. The topological polar surface area (TPSA) is 92.4 Å². The number of carboxylic acid groups (broad SMARTS) is 1. The van der Waals surface area contributed by atoms with E-state index >= 15 is 0 Å². The van der Waals surface area contributed by atoms with Crippen molar-refractivity contribution in [2.75, 3.05) is 6.54 Å². The van der Waals surface area contributed by atoms with Crippen LogP contribution in [0.1, 0.15) is 58.3 Å². The molecule has 1 atom stereocenters. The fourth-order valence-corrected chi connectivity index (χ4v) is 2.75. The second-order valence-electron chi connectivity index (χ2n) is 5.68. The smallest absolute Gasteiger partial charge is 0.311 e. The Morgan fingerprint density at radius 3 is 2.47 bits per heavy atom. The molecule has 5 nitrogen and oxygen atoms in total. The molecule has 0 spiro atoms. The number of nitrogens with two attached hydrogens (primary N) is 1. The number of rotatable bonds is 7. The molecule has 0 aromatic rings. The van der Waals surface area contributed by atoms with Crippen molar-refractivity contribution >= 4 is 11.9 Å². The van der Waals surface area contributed by atoms with E-state index in [0.717, 1.165) is 32.1 Å². The molecule has 1 saturated carbocycles. The molecule has 1 unspecified atom stereocenters. The number of amides is 1. The number of aliphatic carboxylic acids is 1. The van der Waals surface area contributed by atoms with Crippen LogP contribution >= 0.6 is 0 Å². The first-order chi connectivity index (χ1) is 9.00. The maximum atomic E-state index is 11.8. The van der Waals surface area contributed by atoms with Crippen LogP contribution in [-0.2, 0) is 9.59 Å². The normalized spacial score (nSPS) is 19.7. The quantitative estimate of drug-likeness (QED) is 0.656. The van der Waals surface area contributed by atoms with E-state index in [9.17, 15) is 14.7 Å². The van der Waals surface area contributed by atoms with E-state index in [-0.39, 0.29) is 24.9 Å². The van der Waals surface area contributed by atoms with E-state index in [1.165, 1.54) is 0 Å². The number of nitrogens with one attached hydrogen (secondary N) is 1. The summed E-state index contributed by atoms with van der Waals surface area (Å²) in [5.74, 6) is -0.919. The van der Waals surface area contributed by atoms with Gasteiger partial charge >= 0.3 is 5.97 Å². The Balaban J connectivity index is 2.44. The lowest BCUT2D eigenvalue weighted by Gasteiger charge is -2.33.